The van der Waals surface area contributed by atoms with Crippen molar-refractivity contribution in [2.45, 2.75) is 13.8 Å². The number of nitrogens with zero attached hydrogens (tertiary/aromatic N) is 3. The zero-order valence-electron chi connectivity index (χ0n) is 10.6. The Hall–Kier alpha value is -2.29. The zero-order chi connectivity index (χ0) is 13.5. The third kappa shape index (κ3) is 3.35. The van der Waals surface area contributed by atoms with Gasteiger partial charge in [0.15, 0.2) is 0 Å². The van der Waals surface area contributed by atoms with Gasteiger partial charge in [0.25, 0.3) is 0 Å². The van der Waals surface area contributed by atoms with E-state index in [9.17, 15) is 4.79 Å². The molecular formula is C12H17N5O. The van der Waals surface area contributed by atoms with Crippen LogP contribution in [0.5, 0.6) is 0 Å². The van der Waals surface area contributed by atoms with E-state index in [1.54, 1.807) is 11.0 Å². The van der Waals surface area contributed by atoms with E-state index in [-0.39, 0.29) is 12.5 Å². The topological polar surface area (TPSA) is 95.0 Å². The molecule has 1 amide bonds. The number of carbonyl (C=O) groups excluding carboxylic acids is 1. The summed E-state index contributed by atoms with van der Waals surface area (Å²) in [7, 11) is 0. The Balaban J connectivity index is 2.95. The van der Waals surface area contributed by atoms with Crippen LogP contribution in [0.2, 0.25) is 0 Å². The number of pyridine rings is 1. The number of nitrogen functional groups attached to an aromatic ring is 1. The first-order valence-electron chi connectivity index (χ1n) is 5.79. The summed E-state index contributed by atoms with van der Waals surface area (Å²) < 4.78 is 0. The van der Waals surface area contributed by atoms with Gasteiger partial charge in [0.2, 0.25) is 5.91 Å². The molecule has 0 saturated carbocycles. The molecule has 0 aliphatic rings. The molecule has 1 aromatic heterocycles. The highest BCUT2D eigenvalue weighted by Gasteiger charge is 2.14. The monoisotopic (exact) mass is 247 g/mol. The summed E-state index contributed by atoms with van der Waals surface area (Å²) in [5.74, 6) is 0.391. The minimum Gasteiger partial charge on any atom is -0.397 e. The van der Waals surface area contributed by atoms with Gasteiger partial charge in [0, 0.05) is 13.1 Å². The summed E-state index contributed by atoms with van der Waals surface area (Å²) >= 11 is 0. The summed E-state index contributed by atoms with van der Waals surface area (Å²) in [6.07, 6.45) is 1.48. The average Bonchev–Trinajstić information content (AvgIpc) is 2.36. The Bertz CT molecular complexity index is 466. The second-order valence-electron chi connectivity index (χ2n) is 3.72. The number of hydrogen-bond acceptors (Lipinski definition) is 5. The van der Waals surface area contributed by atoms with Crippen LogP contribution in [0, 0.1) is 11.3 Å². The number of carbonyl (C=O) groups is 1. The van der Waals surface area contributed by atoms with Crippen LogP contribution >= 0.6 is 0 Å². The van der Waals surface area contributed by atoms with Gasteiger partial charge in [-0.25, -0.2) is 4.98 Å². The molecule has 0 aliphatic heterocycles. The molecule has 6 nitrogen and oxygen atoms in total. The molecule has 18 heavy (non-hydrogen) atoms. The summed E-state index contributed by atoms with van der Waals surface area (Å²) in [4.78, 5) is 17.4. The van der Waals surface area contributed by atoms with Crippen molar-refractivity contribution in [3.05, 3.63) is 17.8 Å². The van der Waals surface area contributed by atoms with Gasteiger partial charge in [-0.15, -0.1) is 0 Å². The molecule has 1 rings (SSSR count). The summed E-state index contributed by atoms with van der Waals surface area (Å²) in [6.45, 7) is 5.10. The molecule has 0 radical (unpaired) electrons. The number of aromatic nitrogens is 1. The van der Waals surface area contributed by atoms with Crippen LogP contribution in [0.1, 0.15) is 19.4 Å². The molecule has 0 atom stereocenters. The molecule has 0 saturated heterocycles. The van der Waals surface area contributed by atoms with Crippen molar-refractivity contribution >= 4 is 17.4 Å². The largest absolute Gasteiger partial charge is 0.397 e. The maximum absolute atomic E-state index is 11.6. The van der Waals surface area contributed by atoms with E-state index in [0.717, 1.165) is 0 Å². The van der Waals surface area contributed by atoms with Crippen LogP contribution < -0.4 is 16.0 Å². The smallest absolute Gasteiger partial charge is 0.239 e. The first-order valence-corrected chi connectivity index (χ1v) is 5.79. The third-order valence-corrected chi connectivity index (χ3v) is 2.40. The summed E-state index contributed by atoms with van der Waals surface area (Å²) in [5.41, 5.74) is 6.39. The Morgan fingerprint density at radius 3 is 2.89 bits per heavy atom. The van der Waals surface area contributed by atoms with E-state index >= 15 is 0 Å². The Kier molecular flexibility index (Phi) is 4.93. The normalized spacial score (nSPS) is 9.61. The van der Waals surface area contributed by atoms with Crippen LogP contribution in [-0.4, -0.2) is 30.5 Å². The lowest BCUT2D eigenvalue weighted by Crippen LogP contribution is -2.37. The predicted octanol–water partition coefficient (Wildman–Crippen LogP) is 0.498. The van der Waals surface area contributed by atoms with Crippen molar-refractivity contribution in [2.24, 2.45) is 0 Å². The molecule has 96 valence electrons. The molecule has 1 aromatic rings. The number of rotatable bonds is 5. The maximum Gasteiger partial charge on any atom is 0.239 e. The minimum absolute atomic E-state index is 0.0955. The van der Waals surface area contributed by atoms with E-state index in [1.165, 1.54) is 6.20 Å². The predicted molar refractivity (Wildman–Crippen MR) is 69.9 cm³/mol. The zero-order valence-corrected chi connectivity index (χ0v) is 10.6. The molecule has 0 fully saturated rings. The summed E-state index contributed by atoms with van der Waals surface area (Å²) in [5, 5.41) is 11.8. The second kappa shape index (κ2) is 6.45. The van der Waals surface area contributed by atoms with Crippen molar-refractivity contribution in [1.82, 2.24) is 10.3 Å². The first kappa shape index (κ1) is 13.8. The van der Waals surface area contributed by atoms with E-state index in [2.05, 4.69) is 10.3 Å². The highest BCUT2D eigenvalue weighted by molar-refractivity contribution is 5.81. The quantitative estimate of drug-likeness (QED) is 0.790. The van der Waals surface area contributed by atoms with Crippen molar-refractivity contribution in [3.8, 4) is 6.07 Å². The van der Waals surface area contributed by atoms with Crippen molar-refractivity contribution in [2.75, 3.05) is 30.3 Å². The van der Waals surface area contributed by atoms with Gasteiger partial charge in [-0.3, -0.25) is 4.79 Å². The van der Waals surface area contributed by atoms with Crippen molar-refractivity contribution in [1.29, 1.82) is 5.26 Å². The third-order valence-electron chi connectivity index (χ3n) is 2.40. The molecule has 1 heterocycles. The Labute approximate surface area is 106 Å². The van der Waals surface area contributed by atoms with Crippen LogP contribution in [-0.2, 0) is 4.79 Å². The van der Waals surface area contributed by atoms with Gasteiger partial charge in [-0.05, 0) is 19.9 Å². The highest BCUT2D eigenvalue weighted by atomic mass is 16.2. The Morgan fingerprint density at radius 1 is 1.61 bits per heavy atom. The van der Waals surface area contributed by atoms with E-state index < -0.39 is 0 Å². The second-order valence-corrected chi connectivity index (χ2v) is 3.72. The number of anilines is 2. The number of nitrogens with two attached hydrogens (primary N) is 1. The summed E-state index contributed by atoms with van der Waals surface area (Å²) in [6, 6.07) is 3.60. The fraction of sp³-hybridized carbons (Fsp3) is 0.417. The molecule has 0 aliphatic carbocycles. The van der Waals surface area contributed by atoms with Gasteiger partial charge in [0.1, 0.15) is 11.9 Å². The van der Waals surface area contributed by atoms with Gasteiger partial charge in [0.05, 0.1) is 24.0 Å². The number of hydrogen-bond donors (Lipinski definition) is 2. The number of nitriles is 1. The fourth-order valence-corrected chi connectivity index (χ4v) is 1.57. The molecule has 0 spiro atoms. The standard InChI is InChI=1S/C12H17N5O/c1-3-15-11(18)8-17(4-2)12-9(6-13)5-10(14)7-16-12/h5,7H,3-4,8,14H2,1-2H3,(H,15,18). The van der Waals surface area contributed by atoms with Crippen LogP contribution in [0.3, 0.4) is 0 Å². The van der Waals surface area contributed by atoms with Crippen molar-refractivity contribution in [3.63, 3.8) is 0 Å². The SMILES string of the molecule is CCNC(=O)CN(CC)c1ncc(N)cc1C#N. The lowest BCUT2D eigenvalue weighted by atomic mass is 10.2. The lowest BCUT2D eigenvalue weighted by molar-refractivity contribution is -0.119. The molecular weight excluding hydrogens is 230 g/mol. The first-order chi connectivity index (χ1) is 8.62. The fourth-order valence-electron chi connectivity index (χ4n) is 1.57. The minimum atomic E-state index is -0.0955. The van der Waals surface area contributed by atoms with E-state index in [1.807, 2.05) is 19.9 Å². The van der Waals surface area contributed by atoms with E-state index in [4.69, 9.17) is 11.0 Å². The van der Waals surface area contributed by atoms with E-state index in [0.29, 0.717) is 30.2 Å². The van der Waals surface area contributed by atoms with Crippen LogP contribution in [0.25, 0.3) is 0 Å². The highest BCUT2D eigenvalue weighted by Crippen LogP contribution is 2.18. The lowest BCUT2D eigenvalue weighted by Gasteiger charge is -2.22. The van der Waals surface area contributed by atoms with Gasteiger partial charge in [-0.2, -0.15) is 5.26 Å². The number of likely N-dealkylation sites (N-methyl/N-ethyl adjacent to an activating group) is 2. The molecule has 0 bridgehead atoms. The number of amides is 1. The maximum atomic E-state index is 11.6. The average molecular weight is 247 g/mol. The Morgan fingerprint density at radius 2 is 2.33 bits per heavy atom. The number of nitrogens with one attached hydrogen (secondary N) is 1. The van der Waals surface area contributed by atoms with Gasteiger partial charge < -0.3 is 16.0 Å². The van der Waals surface area contributed by atoms with Gasteiger partial charge in [-0.1, -0.05) is 0 Å². The van der Waals surface area contributed by atoms with Crippen LogP contribution in [0.15, 0.2) is 12.3 Å². The molecule has 0 aromatic carbocycles. The van der Waals surface area contributed by atoms with Crippen molar-refractivity contribution < 1.29 is 4.79 Å². The van der Waals surface area contributed by atoms with Gasteiger partial charge >= 0.3 is 0 Å². The molecule has 3 N–H and O–H groups in total. The molecule has 0 unspecified atom stereocenters. The molecule has 6 heteroatoms. The van der Waals surface area contributed by atoms with Crippen LogP contribution in [0.4, 0.5) is 11.5 Å².